The van der Waals surface area contributed by atoms with Gasteiger partial charge in [0.15, 0.2) is 0 Å². The molecule has 0 amide bonds. The Morgan fingerprint density at radius 2 is 1.95 bits per heavy atom. The molecule has 1 aromatic carbocycles. The van der Waals surface area contributed by atoms with Gasteiger partial charge in [-0.1, -0.05) is 57.5 Å². The highest BCUT2D eigenvalue weighted by Crippen LogP contribution is 2.18. The molecule has 2 nitrogen and oxygen atoms in total. The van der Waals surface area contributed by atoms with Crippen molar-refractivity contribution in [1.82, 2.24) is 5.32 Å². The van der Waals surface area contributed by atoms with E-state index >= 15 is 0 Å². The minimum absolute atomic E-state index is 0.543. The lowest BCUT2D eigenvalue weighted by Gasteiger charge is -2.16. The zero-order valence-electron chi connectivity index (χ0n) is 13.2. The van der Waals surface area contributed by atoms with Crippen molar-refractivity contribution in [2.24, 2.45) is 5.92 Å². The molecule has 1 aromatic rings. The Labute approximate surface area is 124 Å². The maximum Gasteiger partial charge on any atom is 0.124 e. The van der Waals surface area contributed by atoms with Crippen LogP contribution in [0, 0.1) is 5.92 Å². The van der Waals surface area contributed by atoms with Gasteiger partial charge in [-0.05, 0) is 25.3 Å². The van der Waals surface area contributed by atoms with Crippen molar-refractivity contribution >= 4 is 0 Å². The van der Waals surface area contributed by atoms with E-state index in [2.05, 4.69) is 44.8 Å². The Kier molecular flexibility index (Phi) is 8.05. The van der Waals surface area contributed by atoms with Gasteiger partial charge in [0.05, 0.1) is 0 Å². The Hall–Kier alpha value is -1.28. The molecule has 0 saturated carbocycles. The van der Waals surface area contributed by atoms with Crippen molar-refractivity contribution in [2.75, 3.05) is 6.61 Å². The molecule has 2 heteroatoms. The molecule has 1 unspecified atom stereocenters. The average molecular weight is 275 g/mol. The highest BCUT2D eigenvalue weighted by Gasteiger charge is 2.06. The first-order chi connectivity index (χ1) is 9.63. The van der Waals surface area contributed by atoms with Crippen LogP contribution in [-0.2, 0) is 6.54 Å². The molecular weight excluding hydrogens is 246 g/mol. The van der Waals surface area contributed by atoms with Crippen LogP contribution >= 0.6 is 0 Å². The molecule has 0 saturated heterocycles. The van der Waals surface area contributed by atoms with Crippen LogP contribution in [-0.4, -0.2) is 12.6 Å². The number of hydrogen-bond acceptors (Lipinski definition) is 2. The van der Waals surface area contributed by atoms with E-state index in [1.54, 1.807) is 6.08 Å². The Bertz CT molecular complexity index is 387. The smallest absolute Gasteiger partial charge is 0.124 e. The summed E-state index contributed by atoms with van der Waals surface area (Å²) in [4.78, 5) is 0. The van der Waals surface area contributed by atoms with Gasteiger partial charge in [-0.2, -0.15) is 0 Å². The second-order valence-electron chi connectivity index (χ2n) is 5.81. The molecule has 0 fully saturated rings. The van der Waals surface area contributed by atoms with Gasteiger partial charge in [-0.3, -0.25) is 0 Å². The predicted octanol–water partition coefficient (Wildman–Crippen LogP) is 4.56. The minimum Gasteiger partial charge on any atom is -0.489 e. The minimum atomic E-state index is 0.543. The van der Waals surface area contributed by atoms with Crippen LogP contribution < -0.4 is 10.1 Å². The third-order valence-electron chi connectivity index (χ3n) is 3.39. The first kappa shape index (κ1) is 16.8. The van der Waals surface area contributed by atoms with E-state index in [1.165, 1.54) is 24.8 Å². The molecule has 20 heavy (non-hydrogen) atoms. The van der Waals surface area contributed by atoms with Gasteiger partial charge in [0.1, 0.15) is 12.4 Å². The molecule has 0 aromatic heterocycles. The number of rotatable bonds is 10. The van der Waals surface area contributed by atoms with Gasteiger partial charge in [-0.15, -0.1) is 0 Å². The summed E-state index contributed by atoms with van der Waals surface area (Å²) < 4.78 is 5.67. The summed E-state index contributed by atoms with van der Waals surface area (Å²) in [5.74, 6) is 1.75. The highest BCUT2D eigenvalue weighted by molar-refractivity contribution is 5.33. The van der Waals surface area contributed by atoms with Crippen LogP contribution in [0.4, 0.5) is 0 Å². The van der Waals surface area contributed by atoms with Crippen molar-refractivity contribution in [3.63, 3.8) is 0 Å². The summed E-state index contributed by atoms with van der Waals surface area (Å²) in [6.45, 7) is 11.9. The first-order valence-corrected chi connectivity index (χ1v) is 7.68. The molecule has 0 bridgehead atoms. The number of hydrogen-bond donors (Lipinski definition) is 1. The van der Waals surface area contributed by atoms with Gasteiger partial charge >= 0.3 is 0 Å². The Morgan fingerprint density at radius 3 is 2.65 bits per heavy atom. The molecule has 0 radical (unpaired) electrons. The maximum absolute atomic E-state index is 5.67. The van der Waals surface area contributed by atoms with Crippen LogP contribution in [0.5, 0.6) is 5.75 Å². The molecule has 112 valence electrons. The van der Waals surface area contributed by atoms with Crippen LogP contribution in [0.2, 0.25) is 0 Å². The molecule has 0 aliphatic rings. The van der Waals surface area contributed by atoms with Crippen LogP contribution in [0.25, 0.3) is 0 Å². The molecule has 1 rings (SSSR count). The lowest BCUT2D eigenvalue weighted by molar-refractivity contribution is 0.356. The van der Waals surface area contributed by atoms with Crippen LogP contribution in [0.1, 0.15) is 45.6 Å². The van der Waals surface area contributed by atoms with Crippen molar-refractivity contribution in [3.05, 3.63) is 42.5 Å². The first-order valence-electron chi connectivity index (χ1n) is 7.68. The lowest BCUT2D eigenvalue weighted by atomic mass is 10.0. The number of ether oxygens (including phenoxy) is 1. The normalized spacial score (nSPS) is 12.4. The Morgan fingerprint density at radius 1 is 1.20 bits per heavy atom. The van der Waals surface area contributed by atoms with Crippen molar-refractivity contribution < 1.29 is 4.74 Å². The van der Waals surface area contributed by atoms with Gasteiger partial charge in [-0.25, -0.2) is 0 Å². The molecular formula is C18H29NO. The standard InChI is InChI=1S/C18H29NO/c1-5-13-20-18-12-7-6-11-17(18)14-19-16(4)10-8-9-15(2)3/h5-7,11-12,15-16,19H,1,8-10,13-14H2,2-4H3. The van der Waals surface area contributed by atoms with E-state index in [9.17, 15) is 0 Å². The van der Waals surface area contributed by atoms with Crippen molar-refractivity contribution in [1.29, 1.82) is 0 Å². The zero-order chi connectivity index (χ0) is 14.8. The van der Waals surface area contributed by atoms with Gasteiger partial charge in [0.2, 0.25) is 0 Å². The number of benzene rings is 1. The molecule has 0 spiro atoms. The van der Waals surface area contributed by atoms with Crippen molar-refractivity contribution in [3.8, 4) is 5.75 Å². The van der Waals surface area contributed by atoms with E-state index in [4.69, 9.17) is 4.74 Å². The third-order valence-corrected chi connectivity index (χ3v) is 3.39. The van der Waals surface area contributed by atoms with E-state index in [0.29, 0.717) is 12.6 Å². The molecule has 0 heterocycles. The summed E-state index contributed by atoms with van der Waals surface area (Å²) in [6, 6.07) is 8.74. The summed E-state index contributed by atoms with van der Waals surface area (Å²) in [5.41, 5.74) is 1.21. The number of para-hydroxylation sites is 1. The van der Waals surface area contributed by atoms with Crippen LogP contribution in [0.3, 0.4) is 0 Å². The summed E-state index contributed by atoms with van der Waals surface area (Å²) >= 11 is 0. The van der Waals surface area contributed by atoms with Crippen LogP contribution in [0.15, 0.2) is 36.9 Å². The fraction of sp³-hybridized carbons (Fsp3) is 0.556. The second-order valence-corrected chi connectivity index (χ2v) is 5.81. The molecule has 0 aliphatic carbocycles. The molecule has 0 aliphatic heterocycles. The highest BCUT2D eigenvalue weighted by atomic mass is 16.5. The predicted molar refractivity (Wildman–Crippen MR) is 87.1 cm³/mol. The molecule has 1 atom stereocenters. The average Bonchev–Trinajstić information content (AvgIpc) is 2.43. The largest absolute Gasteiger partial charge is 0.489 e. The third kappa shape index (κ3) is 6.76. The van der Waals surface area contributed by atoms with E-state index in [1.807, 2.05) is 12.1 Å². The fourth-order valence-corrected chi connectivity index (χ4v) is 2.16. The van der Waals surface area contributed by atoms with E-state index in [0.717, 1.165) is 18.2 Å². The van der Waals surface area contributed by atoms with E-state index < -0.39 is 0 Å². The summed E-state index contributed by atoms with van der Waals surface area (Å²) in [7, 11) is 0. The zero-order valence-corrected chi connectivity index (χ0v) is 13.2. The maximum atomic E-state index is 5.67. The van der Waals surface area contributed by atoms with Gasteiger partial charge < -0.3 is 10.1 Å². The number of nitrogens with one attached hydrogen (secondary N) is 1. The van der Waals surface area contributed by atoms with Crippen molar-refractivity contribution in [2.45, 2.75) is 52.6 Å². The SMILES string of the molecule is C=CCOc1ccccc1CNC(C)CCCC(C)C. The summed E-state index contributed by atoms with van der Waals surface area (Å²) in [5, 5.41) is 3.58. The fourth-order valence-electron chi connectivity index (χ4n) is 2.16. The Balaban J connectivity index is 2.38. The lowest BCUT2D eigenvalue weighted by Crippen LogP contribution is -2.25. The van der Waals surface area contributed by atoms with E-state index in [-0.39, 0.29) is 0 Å². The van der Waals surface area contributed by atoms with Gasteiger partial charge in [0, 0.05) is 18.2 Å². The summed E-state index contributed by atoms with van der Waals surface area (Å²) in [6.07, 6.45) is 5.61. The quantitative estimate of drug-likeness (QED) is 0.632. The molecule has 1 N–H and O–H groups in total. The second kappa shape index (κ2) is 9.60. The van der Waals surface area contributed by atoms with Gasteiger partial charge in [0.25, 0.3) is 0 Å². The topological polar surface area (TPSA) is 21.3 Å². The monoisotopic (exact) mass is 275 g/mol.